The maximum absolute atomic E-state index is 13.9. The Bertz CT molecular complexity index is 2030. The largest absolute Gasteiger partial charge is 0.444 e. The first-order chi connectivity index (χ1) is 30.4. The van der Waals surface area contributed by atoms with Gasteiger partial charge >= 0.3 is 6.09 Å². The molecule has 5 N–H and O–H groups in total. The van der Waals surface area contributed by atoms with Gasteiger partial charge in [0.15, 0.2) is 0 Å². The molecule has 63 heavy (non-hydrogen) atoms. The second kappa shape index (κ2) is 24.8. The fourth-order valence-electron chi connectivity index (χ4n) is 7.09. The van der Waals surface area contributed by atoms with Gasteiger partial charge in [0, 0.05) is 49.4 Å². The minimum absolute atomic E-state index is 0.175. The van der Waals surface area contributed by atoms with E-state index >= 15 is 0 Å². The van der Waals surface area contributed by atoms with Crippen LogP contribution in [0, 0.1) is 18.8 Å². The second-order valence-corrected chi connectivity index (χ2v) is 16.5. The predicted octanol–water partition coefficient (Wildman–Crippen LogP) is 5.27. The molecule has 1 aliphatic carbocycles. The summed E-state index contributed by atoms with van der Waals surface area (Å²) in [6.45, 7) is 11.6. The van der Waals surface area contributed by atoms with E-state index in [-0.39, 0.29) is 36.0 Å². The van der Waals surface area contributed by atoms with E-state index in [0.717, 1.165) is 40.7 Å². The van der Waals surface area contributed by atoms with Crippen LogP contribution in [0.25, 0.3) is 22.5 Å². The quantitative estimate of drug-likeness (QED) is 0.0603. The summed E-state index contributed by atoms with van der Waals surface area (Å²) >= 11 is 0. The molecule has 0 saturated heterocycles. The lowest BCUT2D eigenvalue weighted by Gasteiger charge is -2.29. The number of amides is 4. The van der Waals surface area contributed by atoms with Gasteiger partial charge in [-0.25, -0.2) is 4.79 Å². The number of H-pyrrole nitrogens is 1. The van der Waals surface area contributed by atoms with E-state index in [1.807, 2.05) is 64.1 Å². The van der Waals surface area contributed by atoms with Crippen molar-refractivity contribution in [3.8, 4) is 22.5 Å². The van der Waals surface area contributed by atoms with Crippen molar-refractivity contribution in [1.82, 2.24) is 36.6 Å². The zero-order valence-corrected chi connectivity index (χ0v) is 37.0. The molecule has 0 aliphatic heterocycles. The van der Waals surface area contributed by atoms with Crippen molar-refractivity contribution in [2.75, 3.05) is 71.8 Å². The van der Waals surface area contributed by atoms with Gasteiger partial charge in [0.1, 0.15) is 11.6 Å². The van der Waals surface area contributed by atoms with Crippen molar-refractivity contribution >= 4 is 29.5 Å². The fraction of sp³-hybridized carbons (Fsp3) is 0.500. The third kappa shape index (κ3) is 16.5. The molecule has 1 fully saturated rings. The molecule has 0 unspecified atom stereocenters. The van der Waals surface area contributed by atoms with Gasteiger partial charge in [-0.05, 0) is 123 Å². The molecular formula is C46H62N8O9. The topological polar surface area (TPSA) is 217 Å². The van der Waals surface area contributed by atoms with E-state index in [1.165, 1.54) is 0 Å². The van der Waals surface area contributed by atoms with Crippen molar-refractivity contribution in [3.05, 3.63) is 83.4 Å². The van der Waals surface area contributed by atoms with E-state index in [2.05, 4.69) is 41.9 Å². The molecule has 1 aliphatic rings. The molecule has 4 amide bonds. The molecule has 0 bridgehead atoms. The van der Waals surface area contributed by atoms with Gasteiger partial charge in [-0.1, -0.05) is 30.3 Å². The zero-order chi connectivity index (χ0) is 45.0. The molecule has 4 aromatic rings. The predicted molar refractivity (Wildman–Crippen MR) is 237 cm³/mol. The Labute approximate surface area is 369 Å². The average molecular weight is 871 g/mol. The van der Waals surface area contributed by atoms with E-state index in [4.69, 9.17) is 23.7 Å². The SMILES string of the molecule is COCCOCCOCCOCCNC(=O)c1ccc(-c2ccc(C[C@H](NC(=O)[C@H]3CC[C@H](CNC(=O)OC(C)(C)C)CC3)C(=O)Nc3ccc(-c4nn[nH]n4)cc3)cc2)c(C)c1. The van der Waals surface area contributed by atoms with Crippen LogP contribution >= 0.6 is 0 Å². The van der Waals surface area contributed by atoms with E-state index in [9.17, 15) is 19.2 Å². The first kappa shape index (κ1) is 48.3. The molecule has 1 aromatic heterocycles. The Kier molecular flexibility index (Phi) is 19.0. The molecule has 0 radical (unpaired) electrons. The third-order valence-electron chi connectivity index (χ3n) is 10.4. The summed E-state index contributed by atoms with van der Waals surface area (Å²) in [5.74, 6) is -0.311. The number of rotatable bonds is 23. The molecule has 340 valence electrons. The van der Waals surface area contributed by atoms with Crippen LogP contribution in [0.15, 0.2) is 66.7 Å². The first-order valence-corrected chi connectivity index (χ1v) is 21.5. The highest BCUT2D eigenvalue weighted by Gasteiger charge is 2.30. The van der Waals surface area contributed by atoms with Crippen molar-refractivity contribution in [2.24, 2.45) is 11.8 Å². The van der Waals surface area contributed by atoms with Crippen LogP contribution in [-0.2, 0) is 39.7 Å². The third-order valence-corrected chi connectivity index (χ3v) is 10.4. The monoisotopic (exact) mass is 870 g/mol. The van der Waals surface area contributed by atoms with Crippen molar-refractivity contribution in [1.29, 1.82) is 0 Å². The highest BCUT2D eigenvalue weighted by molar-refractivity contribution is 5.98. The van der Waals surface area contributed by atoms with Crippen LogP contribution in [0.1, 0.15) is 67.9 Å². The van der Waals surface area contributed by atoms with E-state index < -0.39 is 17.7 Å². The lowest BCUT2D eigenvalue weighted by Crippen LogP contribution is -2.48. The van der Waals surface area contributed by atoms with Gasteiger partial charge in [-0.3, -0.25) is 14.4 Å². The number of benzene rings is 3. The van der Waals surface area contributed by atoms with E-state index in [0.29, 0.717) is 89.3 Å². The van der Waals surface area contributed by atoms with Crippen molar-refractivity contribution in [3.63, 3.8) is 0 Å². The summed E-state index contributed by atoms with van der Waals surface area (Å²) in [6.07, 6.45) is 2.63. The summed E-state index contributed by atoms with van der Waals surface area (Å²) < 4.78 is 26.7. The Morgan fingerprint density at radius 3 is 2.06 bits per heavy atom. The minimum Gasteiger partial charge on any atom is -0.444 e. The maximum atomic E-state index is 13.9. The summed E-state index contributed by atoms with van der Waals surface area (Å²) in [6, 6.07) is 19.6. The summed E-state index contributed by atoms with van der Waals surface area (Å²) in [4.78, 5) is 52.7. The molecule has 1 heterocycles. The van der Waals surface area contributed by atoms with Gasteiger partial charge in [-0.2, -0.15) is 5.21 Å². The Morgan fingerprint density at radius 1 is 0.794 bits per heavy atom. The molecule has 5 rings (SSSR count). The average Bonchev–Trinajstić information content (AvgIpc) is 3.81. The number of nitrogens with one attached hydrogen (secondary N) is 5. The second-order valence-electron chi connectivity index (χ2n) is 16.5. The van der Waals surface area contributed by atoms with Gasteiger partial charge in [0.25, 0.3) is 5.91 Å². The molecular weight excluding hydrogens is 809 g/mol. The molecule has 17 nitrogen and oxygen atoms in total. The van der Waals surface area contributed by atoms with Crippen molar-refractivity contribution < 1.29 is 42.9 Å². The molecule has 3 aromatic carbocycles. The number of tetrazole rings is 1. The van der Waals surface area contributed by atoms with Gasteiger partial charge in [0.05, 0.1) is 46.2 Å². The number of methoxy groups -OCH3 is 1. The fourth-order valence-corrected chi connectivity index (χ4v) is 7.09. The van der Waals surface area contributed by atoms with Crippen LogP contribution in [0.2, 0.25) is 0 Å². The van der Waals surface area contributed by atoms with Gasteiger partial charge in [-0.15, -0.1) is 10.2 Å². The number of hydrogen-bond donors (Lipinski definition) is 5. The molecule has 1 atom stereocenters. The maximum Gasteiger partial charge on any atom is 0.407 e. The molecule has 0 spiro atoms. The van der Waals surface area contributed by atoms with Crippen LogP contribution < -0.4 is 21.3 Å². The number of hydrogen-bond acceptors (Lipinski definition) is 12. The lowest BCUT2D eigenvalue weighted by molar-refractivity contribution is -0.130. The van der Waals surface area contributed by atoms with Crippen LogP contribution in [0.4, 0.5) is 10.5 Å². The summed E-state index contributed by atoms with van der Waals surface area (Å²) in [5, 5.41) is 25.8. The number of aryl methyl sites for hydroxylation is 1. The normalized spacial score (nSPS) is 15.6. The summed E-state index contributed by atoms with van der Waals surface area (Å²) in [7, 11) is 1.63. The standard InChI is InChI=1S/C46H62N8O9/c1-31-28-37(42(55)47-20-21-60-24-25-62-27-26-61-23-22-59-5)16-19-39(31)34-10-6-32(7-11-34)29-40(44(57)49-38-17-14-35(15-18-38)41-51-53-54-52-41)50-43(56)36-12-8-33(9-13-36)30-48-45(58)63-46(2,3)4/h6-7,10-11,14-19,28,33,36,40H,8-9,12-13,20-27,29-30H2,1-5H3,(H,47,55)(H,48,58)(H,49,57)(H,50,56)(H,51,52,53,54)/t33-,36-,40-/m0/s1. The van der Waals surface area contributed by atoms with Crippen LogP contribution in [0.5, 0.6) is 0 Å². The van der Waals surface area contributed by atoms with E-state index in [1.54, 1.807) is 37.4 Å². The van der Waals surface area contributed by atoms with Crippen molar-refractivity contribution in [2.45, 2.75) is 71.4 Å². The number of aromatic nitrogens is 4. The number of nitrogens with zero attached hydrogens (tertiary/aromatic N) is 3. The van der Waals surface area contributed by atoms with Crippen LogP contribution in [-0.4, -0.2) is 123 Å². The smallest absolute Gasteiger partial charge is 0.407 e. The number of carbonyl (C=O) groups excluding carboxylic acids is 4. The zero-order valence-electron chi connectivity index (χ0n) is 37.0. The first-order valence-electron chi connectivity index (χ1n) is 21.5. The number of alkyl carbamates (subject to hydrolysis) is 1. The summed E-state index contributed by atoms with van der Waals surface area (Å²) in [5.41, 5.74) is 4.96. The lowest BCUT2D eigenvalue weighted by atomic mass is 9.81. The highest BCUT2D eigenvalue weighted by atomic mass is 16.6. The Morgan fingerprint density at radius 2 is 1.44 bits per heavy atom. The number of aromatic amines is 1. The minimum atomic E-state index is -0.860. The van der Waals surface area contributed by atoms with Crippen LogP contribution in [0.3, 0.4) is 0 Å². The molecule has 1 saturated carbocycles. The van der Waals surface area contributed by atoms with Gasteiger partial charge < -0.3 is 45.0 Å². The number of ether oxygens (including phenoxy) is 5. The Balaban J connectivity index is 1.14. The number of carbonyl (C=O) groups is 4. The highest BCUT2D eigenvalue weighted by Crippen LogP contribution is 2.29. The number of anilines is 1. The Hall–Kier alpha value is -5.75. The van der Waals surface area contributed by atoms with Gasteiger partial charge in [0.2, 0.25) is 17.6 Å². The molecule has 17 heteroatoms.